The Morgan fingerprint density at radius 1 is 0.313 bits per heavy atom. The third kappa shape index (κ3) is 5.87. The SMILES string of the molecule is CC(C)(C)c1c2ccccc2c(C(C)(C)C)c2cc(-n3c(-c4ccccc4)c(-c4ccccc4)c4ccc5c6cccc(-c7ccc8ccc9cccc%10ccc7c8c9%10)c6ccc5c43)ccc12. The molecular weight excluding hydrogens is 807 g/mol. The summed E-state index contributed by atoms with van der Waals surface area (Å²) >= 11 is 0. The lowest BCUT2D eigenvalue weighted by Gasteiger charge is -2.30. The van der Waals surface area contributed by atoms with Crippen molar-refractivity contribution in [3.63, 3.8) is 0 Å². The van der Waals surface area contributed by atoms with Gasteiger partial charge < -0.3 is 4.57 Å². The van der Waals surface area contributed by atoms with Gasteiger partial charge in [0.05, 0.1) is 11.2 Å². The van der Waals surface area contributed by atoms with E-state index in [0.29, 0.717) is 0 Å². The summed E-state index contributed by atoms with van der Waals surface area (Å²) in [5.74, 6) is 0. The van der Waals surface area contributed by atoms with Crippen LogP contribution in [-0.4, -0.2) is 4.57 Å². The van der Waals surface area contributed by atoms with Gasteiger partial charge in [0.1, 0.15) is 0 Å². The molecule has 12 aromatic carbocycles. The van der Waals surface area contributed by atoms with Crippen LogP contribution in [-0.2, 0) is 10.8 Å². The number of nitrogens with zero attached hydrogens (tertiary/aromatic N) is 1. The van der Waals surface area contributed by atoms with Gasteiger partial charge in [-0.2, -0.15) is 0 Å². The minimum Gasteiger partial charge on any atom is -0.308 e. The molecule has 0 aliphatic heterocycles. The Kier molecular flexibility index (Phi) is 8.50. The monoisotopic (exact) mass is 857 g/mol. The zero-order valence-corrected chi connectivity index (χ0v) is 39.0. The Hall–Kier alpha value is -7.74. The van der Waals surface area contributed by atoms with Crippen molar-refractivity contribution >= 4 is 86.3 Å². The summed E-state index contributed by atoms with van der Waals surface area (Å²) in [5.41, 5.74) is 12.4. The molecule has 0 radical (unpaired) electrons. The molecule has 0 aliphatic rings. The van der Waals surface area contributed by atoms with Gasteiger partial charge in [-0.1, -0.05) is 230 Å². The van der Waals surface area contributed by atoms with Gasteiger partial charge in [0, 0.05) is 22.0 Å². The Labute approximate surface area is 391 Å². The molecule has 0 unspecified atom stereocenters. The Morgan fingerprint density at radius 3 is 1.49 bits per heavy atom. The Balaban J connectivity index is 1.15. The van der Waals surface area contributed by atoms with E-state index in [9.17, 15) is 0 Å². The highest BCUT2D eigenvalue weighted by Crippen LogP contribution is 2.50. The third-order valence-electron chi connectivity index (χ3n) is 14.7. The molecule has 0 spiro atoms. The molecule has 1 heterocycles. The molecule has 0 atom stereocenters. The first kappa shape index (κ1) is 39.6. The average Bonchev–Trinajstić information content (AvgIpc) is 3.70. The predicted molar refractivity (Wildman–Crippen MR) is 291 cm³/mol. The first-order chi connectivity index (χ1) is 32.5. The van der Waals surface area contributed by atoms with E-state index in [1.165, 1.54) is 131 Å². The highest BCUT2D eigenvalue weighted by molar-refractivity contribution is 6.28. The zero-order valence-electron chi connectivity index (χ0n) is 39.0. The Bertz CT molecular complexity index is 4120. The molecule has 0 bridgehead atoms. The molecule has 1 heteroatoms. The van der Waals surface area contributed by atoms with Gasteiger partial charge >= 0.3 is 0 Å². The molecule has 1 aromatic heterocycles. The van der Waals surface area contributed by atoms with E-state index in [1.807, 2.05) is 0 Å². The van der Waals surface area contributed by atoms with E-state index in [0.717, 1.165) is 5.69 Å². The maximum Gasteiger partial charge on any atom is 0.0620 e. The van der Waals surface area contributed by atoms with E-state index in [-0.39, 0.29) is 10.8 Å². The smallest absolute Gasteiger partial charge is 0.0620 e. The Morgan fingerprint density at radius 2 is 0.791 bits per heavy atom. The van der Waals surface area contributed by atoms with Gasteiger partial charge in [0.25, 0.3) is 0 Å². The number of aromatic nitrogens is 1. The minimum atomic E-state index is -0.110. The summed E-state index contributed by atoms with van der Waals surface area (Å²) in [7, 11) is 0. The minimum absolute atomic E-state index is 0.0701. The molecule has 320 valence electrons. The third-order valence-corrected chi connectivity index (χ3v) is 14.7. The quantitative estimate of drug-likeness (QED) is 0.123. The van der Waals surface area contributed by atoms with Gasteiger partial charge in [0.15, 0.2) is 0 Å². The van der Waals surface area contributed by atoms with E-state index in [4.69, 9.17) is 0 Å². The van der Waals surface area contributed by atoms with Crippen LogP contribution in [0.4, 0.5) is 0 Å². The van der Waals surface area contributed by atoms with Crippen LogP contribution >= 0.6 is 0 Å². The lowest BCUT2D eigenvalue weighted by Crippen LogP contribution is -2.17. The highest BCUT2D eigenvalue weighted by atomic mass is 15.0. The molecule has 0 amide bonds. The van der Waals surface area contributed by atoms with Crippen LogP contribution in [0.15, 0.2) is 200 Å². The molecule has 0 fully saturated rings. The van der Waals surface area contributed by atoms with Gasteiger partial charge in [-0.25, -0.2) is 0 Å². The van der Waals surface area contributed by atoms with Crippen molar-refractivity contribution < 1.29 is 0 Å². The van der Waals surface area contributed by atoms with Crippen molar-refractivity contribution in [3.05, 3.63) is 211 Å². The summed E-state index contributed by atoms with van der Waals surface area (Å²) in [5, 5.41) is 19.4. The van der Waals surface area contributed by atoms with Gasteiger partial charge in [-0.3, -0.25) is 0 Å². The van der Waals surface area contributed by atoms with Crippen molar-refractivity contribution in [2.75, 3.05) is 0 Å². The lowest BCUT2D eigenvalue weighted by atomic mass is 9.74. The maximum absolute atomic E-state index is 2.60. The van der Waals surface area contributed by atoms with Crippen molar-refractivity contribution in [1.29, 1.82) is 0 Å². The van der Waals surface area contributed by atoms with E-state index >= 15 is 0 Å². The van der Waals surface area contributed by atoms with Crippen LogP contribution < -0.4 is 0 Å². The van der Waals surface area contributed by atoms with Gasteiger partial charge in [-0.05, 0) is 126 Å². The second kappa shape index (κ2) is 14.4. The van der Waals surface area contributed by atoms with Crippen molar-refractivity contribution in [3.8, 4) is 39.2 Å². The van der Waals surface area contributed by atoms with Crippen molar-refractivity contribution in [2.45, 2.75) is 52.4 Å². The van der Waals surface area contributed by atoms with Crippen LogP contribution in [0.1, 0.15) is 52.7 Å². The molecule has 0 saturated carbocycles. The fourth-order valence-electron chi connectivity index (χ4n) is 12.1. The summed E-state index contributed by atoms with van der Waals surface area (Å²) in [4.78, 5) is 0. The molecule has 0 saturated heterocycles. The number of benzene rings is 12. The molecular formula is C66H51N. The number of rotatable bonds is 4. The normalized spacial score (nSPS) is 12.6. The van der Waals surface area contributed by atoms with E-state index in [2.05, 4.69) is 246 Å². The second-order valence-electron chi connectivity index (χ2n) is 20.8. The van der Waals surface area contributed by atoms with Crippen molar-refractivity contribution in [2.24, 2.45) is 0 Å². The molecule has 1 nitrogen and oxygen atoms in total. The van der Waals surface area contributed by atoms with Gasteiger partial charge in [0.2, 0.25) is 0 Å². The van der Waals surface area contributed by atoms with E-state index in [1.54, 1.807) is 0 Å². The first-order valence-electron chi connectivity index (χ1n) is 23.8. The summed E-state index contributed by atoms with van der Waals surface area (Å²) in [6, 6.07) is 75.5. The van der Waals surface area contributed by atoms with Crippen LogP contribution in [0.5, 0.6) is 0 Å². The number of hydrogen-bond acceptors (Lipinski definition) is 0. The predicted octanol–water partition coefficient (Wildman–Crippen LogP) is 18.7. The standard InChI is InChI=1S/C66H51N/c1-65(2,3)61-52-23-13-14-24-53(52)62(66(4,5)6)57-39-45(31-34-54(57)61)67-63(44-19-11-8-12-20-44)60(40-17-9-7-10-18-40)56-38-36-50-47-26-16-25-46(48(47)35-37-55(50)64(56)67)49-32-29-43-28-27-41-21-15-22-42-30-33-51(49)59(43)58(41)42/h7-39H,1-6H3. The fraction of sp³-hybridized carbons (Fsp3) is 0.121. The number of fused-ring (bicyclic) bond motifs is 7. The fourth-order valence-corrected chi connectivity index (χ4v) is 12.1. The van der Waals surface area contributed by atoms with Crippen LogP contribution in [0.2, 0.25) is 0 Å². The largest absolute Gasteiger partial charge is 0.308 e. The summed E-state index contributed by atoms with van der Waals surface area (Å²) in [6.45, 7) is 14.2. The van der Waals surface area contributed by atoms with E-state index < -0.39 is 0 Å². The summed E-state index contributed by atoms with van der Waals surface area (Å²) < 4.78 is 2.60. The zero-order chi connectivity index (χ0) is 45.3. The molecule has 0 N–H and O–H groups in total. The highest BCUT2D eigenvalue weighted by Gasteiger charge is 2.29. The van der Waals surface area contributed by atoms with Crippen molar-refractivity contribution in [1.82, 2.24) is 4.57 Å². The maximum atomic E-state index is 2.60. The molecule has 13 rings (SSSR count). The topological polar surface area (TPSA) is 4.93 Å². The van der Waals surface area contributed by atoms with Crippen LogP contribution in [0.3, 0.4) is 0 Å². The van der Waals surface area contributed by atoms with Crippen LogP contribution in [0, 0.1) is 0 Å². The number of hydrogen-bond donors (Lipinski definition) is 0. The van der Waals surface area contributed by atoms with Gasteiger partial charge in [-0.15, -0.1) is 0 Å². The first-order valence-corrected chi connectivity index (χ1v) is 23.8. The van der Waals surface area contributed by atoms with Crippen LogP contribution in [0.25, 0.3) is 126 Å². The molecule has 13 aromatic rings. The molecule has 0 aliphatic carbocycles. The summed E-state index contributed by atoms with van der Waals surface area (Å²) in [6.07, 6.45) is 0. The molecule has 67 heavy (non-hydrogen) atoms. The average molecular weight is 858 g/mol. The lowest BCUT2D eigenvalue weighted by molar-refractivity contribution is 0.593. The second-order valence-corrected chi connectivity index (χ2v) is 20.8.